The van der Waals surface area contributed by atoms with Crippen molar-refractivity contribution in [1.29, 1.82) is 0 Å². The van der Waals surface area contributed by atoms with Gasteiger partial charge >= 0.3 is 0 Å². The zero-order valence-electron chi connectivity index (χ0n) is 10.3. The summed E-state index contributed by atoms with van der Waals surface area (Å²) < 4.78 is 0. The van der Waals surface area contributed by atoms with Crippen molar-refractivity contribution >= 4 is 11.6 Å². The molecule has 1 aliphatic carbocycles. The number of phenolic OH excluding ortho intramolecular Hbond substituents is 1. The van der Waals surface area contributed by atoms with Crippen LogP contribution in [0.2, 0.25) is 0 Å². The number of phenols is 2. The fourth-order valence-electron chi connectivity index (χ4n) is 2.43. The SMILES string of the molecule is O=C1c2ccccc2C(=O)c2c(O)c(CO)cc(O)c21. The van der Waals surface area contributed by atoms with Gasteiger partial charge in [0.2, 0.25) is 0 Å². The summed E-state index contributed by atoms with van der Waals surface area (Å²) in [6, 6.07) is 7.30. The molecule has 3 N–H and O–H groups in total. The number of fused-ring (bicyclic) bond motifs is 2. The number of benzene rings is 2. The van der Waals surface area contributed by atoms with Crippen LogP contribution in [0, 0.1) is 0 Å². The standard InChI is InChI=1S/C15H10O5/c16-6-7-5-10(17)11-12(13(7)18)15(20)9-4-2-1-3-8(9)14(11)19/h1-5,16-18H,6H2. The number of carbonyl (C=O) groups is 2. The molecule has 0 spiro atoms. The molecule has 0 aliphatic heterocycles. The molecular formula is C15H10O5. The Kier molecular flexibility index (Phi) is 2.59. The first-order valence-corrected chi connectivity index (χ1v) is 5.93. The molecule has 100 valence electrons. The molecule has 5 nitrogen and oxygen atoms in total. The molecule has 5 heteroatoms. The third-order valence-corrected chi connectivity index (χ3v) is 3.40. The lowest BCUT2D eigenvalue weighted by Gasteiger charge is -2.20. The van der Waals surface area contributed by atoms with Crippen molar-refractivity contribution in [3.63, 3.8) is 0 Å². The molecule has 0 amide bonds. The van der Waals surface area contributed by atoms with E-state index in [1.54, 1.807) is 12.1 Å². The van der Waals surface area contributed by atoms with Crippen molar-refractivity contribution < 1.29 is 24.9 Å². The van der Waals surface area contributed by atoms with Crippen LogP contribution in [0.15, 0.2) is 30.3 Å². The molecule has 0 radical (unpaired) electrons. The van der Waals surface area contributed by atoms with Crippen LogP contribution in [0.1, 0.15) is 37.4 Å². The van der Waals surface area contributed by atoms with E-state index in [0.29, 0.717) is 0 Å². The van der Waals surface area contributed by atoms with E-state index in [0.717, 1.165) is 6.07 Å². The molecule has 0 heterocycles. The lowest BCUT2D eigenvalue weighted by molar-refractivity contribution is 0.0973. The molecular weight excluding hydrogens is 260 g/mol. The van der Waals surface area contributed by atoms with Crippen molar-refractivity contribution in [2.24, 2.45) is 0 Å². The van der Waals surface area contributed by atoms with Crippen LogP contribution in [0.3, 0.4) is 0 Å². The number of rotatable bonds is 1. The fraction of sp³-hybridized carbons (Fsp3) is 0.0667. The van der Waals surface area contributed by atoms with E-state index in [1.807, 2.05) is 0 Å². The number of hydrogen-bond donors (Lipinski definition) is 3. The van der Waals surface area contributed by atoms with E-state index < -0.39 is 29.7 Å². The molecule has 0 saturated heterocycles. The zero-order chi connectivity index (χ0) is 14.4. The molecule has 1 aliphatic rings. The third-order valence-electron chi connectivity index (χ3n) is 3.40. The summed E-state index contributed by atoms with van der Waals surface area (Å²) >= 11 is 0. The van der Waals surface area contributed by atoms with E-state index in [1.165, 1.54) is 12.1 Å². The van der Waals surface area contributed by atoms with Crippen molar-refractivity contribution in [2.45, 2.75) is 6.61 Å². The molecule has 20 heavy (non-hydrogen) atoms. The molecule has 2 aromatic rings. The minimum atomic E-state index is -0.546. The first-order valence-electron chi connectivity index (χ1n) is 5.93. The minimum Gasteiger partial charge on any atom is -0.507 e. The van der Waals surface area contributed by atoms with Gasteiger partial charge in [-0.15, -0.1) is 0 Å². The molecule has 0 saturated carbocycles. The molecule has 0 bridgehead atoms. The van der Waals surface area contributed by atoms with Crippen LogP contribution in [0.4, 0.5) is 0 Å². The fourth-order valence-corrected chi connectivity index (χ4v) is 2.43. The van der Waals surface area contributed by atoms with Crippen LogP contribution in [0.25, 0.3) is 0 Å². The normalized spacial score (nSPS) is 13.1. The van der Waals surface area contributed by atoms with Gasteiger partial charge in [0.25, 0.3) is 0 Å². The summed E-state index contributed by atoms with van der Waals surface area (Å²) in [5, 5.41) is 29.1. The second kappa shape index (κ2) is 4.18. The smallest absolute Gasteiger partial charge is 0.198 e. The number of aliphatic hydroxyl groups excluding tert-OH is 1. The maximum Gasteiger partial charge on any atom is 0.198 e. The van der Waals surface area contributed by atoms with Gasteiger partial charge in [0.05, 0.1) is 17.7 Å². The van der Waals surface area contributed by atoms with Crippen molar-refractivity contribution in [3.05, 3.63) is 58.1 Å². The third kappa shape index (κ3) is 1.47. The highest BCUT2D eigenvalue weighted by Crippen LogP contribution is 2.39. The zero-order valence-corrected chi connectivity index (χ0v) is 10.3. The van der Waals surface area contributed by atoms with Gasteiger partial charge in [-0.1, -0.05) is 24.3 Å². The monoisotopic (exact) mass is 270 g/mol. The second-order valence-electron chi connectivity index (χ2n) is 4.52. The predicted molar refractivity (Wildman–Crippen MR) is 69.0 cm³/mol. The average molecular weight is 270 g/mol. The molecule has 0 atom stereocenters. The highest BCUT2D eigenvalue weighted by atomic mass is 16.3. The average Bonchev–Trinajstić information content (AvgIpc) is 2.46. The van der Waals surface area contributed by atoms with Crippen molar-refractivity contribution in [2.75, 3.05) is 0 Å². The molecule has 0 unspecified atom stereocenters. The Morgan fingerprint density at radius 2 is 1.45 bits per heavy atom. The Morgan fingerprint density at radius 1 is 0.900 bits per heavy atom. The van der Waals surface area contributed by atoms with E-state index >= 15 is 0 Å². The summed E-state index contributed by atoms with van der Waals surface area (Å²) in [6.07, 6.45) is 0. The maximum atomic E-state index is 12.4. The van der Waals surface area contributed by atoms with E-state index in [-0.39, 0.29) is 27.8 Å². The van der Waals surface area contributed by atoms with Gasteiger partial charge < -0.3 is 15.3 Å². The molecule has 3 rings (SSSR count). The summed E-state index contributed by atoms with van der Waals surface area (Å²) in [5.74, 6) is -1.95. The van der Waals surface area contributed by atoms with Gasteiger partial charge in [0.1, 0.15) is 11.5 Å². The van der Waals surface area contributed by atoms with Crippen LogP contribution in [-0.4, -0.2) is 26.9 Å². The summed E-state index contributed by atoms with van der Waals surface area (Å²) in [7, 11) is 0. The van der Waals surface area contributed by atoms with Crippen molar-refractivity contribution in [3.8, 4) is 11.5 Å². The van der Waals surface area contributed by atoms with Gasteiger partial charge in [0, 0.05) is 16.7 Å². The quantitative estimate of drug-likeness (QED) is 0.580. The van der Waals surface area contributed by atoms with Gasteiger partial charge in [0.15, 0.2) is 11.6 Å². The van der Waals surface area contributed by atoms with Crippen LogP contribution in [-0.2, 0) is 6.61 Å². The van der Waals surface area contributed by atoms with E-state index in [2.05, 4.69) is 0 Å². The lowest BCUT2D eigenvalue weighted by Crippen LogP contribution is -2.21. The van der Waals surface area contributed by atoms with E-state index in [9.17, 15) is 19.8 Å². The number of aliphatic hydroxyl groups is 1. The second-order valence-corrected chi connectivity index (χ2v) is 4.52. The highest BCUT2D eigenvalue weighted by Gasteiger charge is 2.35. The largest absolute Gasteiger partial charge is 0.507 e. The maximum absolute atomic E-state index is 12.4. The summed E-state index contributed by atoms with van der Waals surface area (Å²) in [5.41, 5.74) is -0.103. The number of ketones is 2. The number of aromatic hydroxyl groups is 2. The Balaban J connectivity index is 2.39. The van der Waals surface area contributed by atoms with Crippen LogP contribution in [0.5, 0.6) is 11.5 Å². The van der Waals surface area contributed by atoms with Gasteiger partial charge in [-0.3, -0.25) is 9.59 Å². The van der Waals surface area contributed by atoms with Gasteiger partial charge in [-0.2, -0.15) is 0 Å². The summed E-state index contributed by atoms with van der Waals surface area (Å²) in [6.45, 7) is -0.546. The Bertz CT molecular complexity index is 761. The van der Waals surface area contributed by atoms with Crippen LogP contribution >= 0.6 is 0 Å². The topological polar surface area (TPSA) is 94.8 Å². The first-order chi connectivity index (χ1) is 9.56. The Hall–Kier alpha value is -2.66. The predicted octanol–water partition coefficient (Wildman–Crippen LogP) is 1.37. The molecule has 0 fully saturated rings. The minimum absolute atomic E-state index is 0.00165. The van der Waals surface area contributed by atoms with E-state index in [4.69, 9.17) is 5.11 Å². The summed E-state index contributed by atoms with van der Waals surface area (Å²) in [4.78, 5) is 24.7. The number of carbonyl (C=O) groups excluding carboxylic acids is 2. The lowest BCUT2D eigenvalue weighted by atomic mass is 9.82. The first kappa shape index (κ1) is 12.4. The molecule has 0 aromatic heterocycles. The number of hydrogen-bond acceptors (Lipinski definition) is 5. The molecule has 2 aromatic carbocycles. The van der Waals surface area contributed by atoms with Gasteiger partial charge in [-0.05, 0) is 6.07 Å². The van der Waals surface area contributed by atoms with Crippen LogP contribution < -0.4 is 0 Å². The highest BCUT2D eigenvalue weighted by molar-refractivity contribution is 6.30. The van der Waals surface area contributed by atoms with Gasteiger partial charge in [-0.25, -0.2) is 0 Å². The Morgan fingerprint density at radius 3 is 2.00 bits per heavy atom. The Labute approximate surface area is 113 Å². The van der Waals surface area contributed by atoms with Crippen molar-refractivity contribution in [1.82, 2.24) is 0 Å².